The Hall–Kier alpha value is -2.14. The molecule has 0 spiro atoms. The fourth-order valence-electron chi connectivity index (χ4n) is 1.45. The van der Waals surface area contributed by atoms with Crippen molar-refractivity contribution in [2.75, 3.05) is 18.5 Å². The van der Waals surface area contributed by atoms with Gasteiger partial charge in [0.2, 0.25) is 11.8 Å². The normalized spacial score (nSPS) is 10.1. The lowest BCUT2D eigenvalue weighted by Gasteiger charge is -2.08. The maximum Gasteiger partial charge on any atom is 0.226 e. The summed E-state index contributed by atoms with van der Waals surface area (Å²) in [6, 6.07) is 11.2. The molecule has 0 aliphatic heterocycles. The van der Waals surface area contributed by atoms with E-state index in [0.29, 0.717) is 18.4 Å². The van der Waals surface area contributed by atoms with Crippen LogP contribution in [-0.2, 0) is 0 Å². The van der Waals surface area contributed by atoms with E-state index in [0.717, 1.165) is 11.4 Å². The Kier molecular flexibility index (Phi) is 4.09. The minimum Gasteiger partial charge on any atom is -0.439 e. The van der Waals surface area contributed by atoms with Crippen molar-refractivity contribution in [1.29, 1.82) is 0 Å². The molecule has 0 aliphatic carbocycles. The van der Waals surface area contributed by atoms with Gasteiger partial charge in [0, 0.05) is 18.3 Å². The molecule has 2 rings (SSSR count). The fourth-order valence-corrected chi connectivity index (χ4v) is 1.45. The highest BCUT2D eigenvalue weighted by Crippen LogP contribution is 2.20. The number of nitrogens with one attached hydrogen (secondary N) is 1. The molecule has 0 bridgehead atoms. The zero-order valence-corrected chi connectivity index (χ0v) is 10.1. The zero-order chi connectivity index (χ0) is 12.8. The predicted octanol–water partition coefficient (Wildman–Crippen LogP) is 1.98. The Bertz CT molecular complexity index is 503. The zero-order valence-electron chi connectivity index (χ0n) is 10.1. The van der Waals surface area contributed by atoms with Gasteiger partial charge in [-0.25, -0.2) is 4.98 Å². The third-order valence-corrected chi connectivity index (χ3v) is 2.19. The lowest BCUT2D eigenvalue weighted by Crippen LogP contribution is -2.09. The molecule has 0 fully saturated rings. The van der Waals surface area contributed by atoms with E-state index in [2.05, 4.69) is 15.3 Å². The maximum atomic E-state index is 8.75. The van der Waals surface area contributed by atoms with Gasteiger partial charge in [0.25, 0.3) is 0 Å². The molecule has 2 aromatic rings. The van der Waals surface area contributed by atoms with Crippen LogP contribution < -0.4 is 10.1 Å². The number of aliphatic hydroxyl groups is 1. The van der Waals surface area contributed by atoms with E-state index in [-0.39, 0.29) is 6.61 Å². The average Bonchev–Trinajstić information content (AvgIpc) is 2.37. The van der Waals surface area contributed by atoms with Crippen LogP contribution in [0.1, 0.15) is 5.69 Å². The van der Waals surface area contributed by atoms with Gasteiger partial charge >= 0.3 is 0 Å². The summed E-state index contributed by atoms with van der Waals surface area (Å²) < 4.78 is 5.63. The van der Waals surface area contributed by atoms with E-state index in [1.807, 2.05) is 37.3 Å². The van der Waals surface area contributed by atoms with Crippen LogP contribution in [0.25, 0.3) is 0 Å². The van der Waals surface area contributed by atoms with Crippen LogP contribution >= 0.6 is 0 Å². The van der Waals surface area contributed by atoms with E-state index >= 15 is 0 Å². The molecule has 0 radical (unpaired) electrons. The van der Waals surface area contributed by atoms with Gasteiger partial charge in [-0.2, -0.15) is 4.98 Å². The van der Waals surface area contributed by atoms with E-state index < -0.39 is 0 Å². The van der Waals surface area contributed by atoms with Gasteiger partial charge in [0.1, 0.15) is 5.75 Å². The van der Waals surface area contributed by atoms with Crippen molar-refractivity contribution in [2.45, 2.75) is 6.92 Å². The van der Waals surface area contributed by atoms with Gasteiger partial charge in [0.15, 0.2) is 0 Å². The van der Waals surface area contributed by atoms with Crippen molar-refractivity contribution >= 4 is 5.95 Å². The molecule has 0 unspecified atom stereocenters. The smallest absolute Gasteiger partial charge is 0.226 e. The Morgan fingerprint density at radius 3 is 2.72 bits per heavy atom. The summed E-state index contributed by atoms with van der Waals surface area (Å²) in [5.74, 6) is 1.66. The standard InChI is InChI=1S/C13H15N3O2/c1-10-9-12(16-13(15-10)14-7-8-17)18-11-5-3-2-4-6-11/h2-6,9,17H,7-8H2,1H3,(H,14,15,16). The quantitative estimate of drug-likeness (QED) is 0.843. The van der Waals surface area contributed by atoms with Gasteiger partial charge in [-0.1, -0.05) is 18.2 Å². The molecule has 0 amide bonds. The van der Waals surface area contributed by atoms with Crippen LogP contribution in [0, 0.1) is 6.92 Å². The minimum absolute atomic E-state index is 0.0339. The number of nitrogens with zero attached hydrogens (tertiary/aromatic N) is 2. The molecule has 1 aromatic heterocycles. The van der Waals surface area contributed by atoms with Gasteiger partial charge < -0.3 is 15.2 Å². The second kappa shape index (κ2) is 5.97. The number of hydrogen-bond donors (Lipinski definition) is 2. The topological polar surface area (TPSA) is 67.3 Å². The fraction of sp³-hybridized carbons (Fsp3) is 0.231. The third-order valence-electron chi connectivity index (χ3n) is 2.19. The average molecular weight is 245 g/mol. The monoisotopic (exact) mass is 245 g/mol. The molecule has 0 saturated carbocycles. The molecule has 1 aromatic carbocycles. The Morgan fingerprint density at radius 2 is 2.00 bits per heavy atom. The van der Waals surface area contributed by atoms with Gasteiger partial charge in [-0.15, -0.1) is 0 Å². The highest BCUT2D eigenvalue weighted by molar-refractivity contribution is 5.33. The number of rotatable bonds is 5. The molecule has 0 saturated heterocycles. The first-order valence-corrected chi connectivity index (χ1v) is 5.71. The number of aromatic nitrogens is 2. The molecular weight excluding hydrogens is 230 g/mol. The Labute approximate surface area is 105 Å². The summed E-state index contributed by atoms with van der Waals surface area (Å²) in [6.45, 7) is 2.31. The number of hydrogen-bond acceptors (Lipinski definition) is 5. The molecule has 0 atom stereocenters. The van der Waals surface area contributed by atoms with Gasteiger partial charge in [-0.3, -0.25) is 0 Å². The minimum atomic E-state index is 0.0339. The summed E-state index contributed by atoms with van der Waals surface area (Å²) in [5, 5.41) is 11.7. The number of para-hydroxylation sites is 1. The van der Waals surface area contributed by atoms with E-state index in [4.69, 9.17) is 9.84 Å². The summed E-state index contributed by atoms with van der Waals surface area (Å²) in [5.41, 5.74) is 0.802. The van der Waals surface area contributed by atoms with E-state index in [9.17, 15) is 0 Å². The van der Waals surface area contributed by atoms with Crippen LogP contribution in [0.2, 0.25) is 0 Å². The first kappa shape index (κ1) is 12.3. The molecule has 94 valence electrons. The third kappa shape index (κ3) is 3.43. The first-order valence-electron chi connectivity index (χ1n) is 5.71. The van der Waals surface area contributed by atoms with Gasteiger partial charge in [-0.05, 0) is 19.1 Å². The van der Waals surface area contributed by atoms with Crippen molar-refractivity contribution < 1.29 is 9.84 Å². The van der Waals surface area contributed by atoms with E-state index in [1.54, 1.807) is 6.07 Å². The number of ether oxygens (including phenoxy) is 1. The summed E-state index contributed by atoms with van der Waals surface area (Å²) in [6.07, 6.45) is 0. The van der Waals surface area contributed by atoms with Crippen LogP contribution in [0.15, 0.2) is 36.4 Å². The molecule has 1 heterocycles. The molecule has 0 aliphatic rings. The molecule has 2 N–H and O–H groups in total. The second-order valence-electron chi connectivity index (χ2n) is 3.74. The van der Waals surface area contributed by atoms with Crippen molar-refractivity contribution in [3.05, 3.63) is 42.1 Å². The Morgan fingerprint density at radius 1 is 1.22 bits per heavy atom. The number of anilines is 1. The lowest BCUT2D eigenvalue weighted by molar-refractivity contribution is 0.310. The maximum absolute atomic E-state index is 8.75. The largest absolute Gasteiger partial charge is 0.439 e. The molecule has 5 heteroatoms. The molecule has 5 nitrogen and oxygen atoms in total. The van der Waals surface area contributed by atoms with Crippen molar-refractivity contribution in [1.82, 2.24) is 9.97 Å². The highest BCUT2D eigenvalue weighted by Gasteiger charge is 2.03. The predicted molar refractivity (Wildman–Crippen MR) is 68.9 cm³/mol. The molecule has 18 heavy (non-hydrogen) atoms. The van der Waals surface area contributed by atoms with Crippen LogP contribution in [0.5, 0.6) is 11.6 Å². The van der Waals surface area contributed by atoms with E-state index in [1.165, 1.54) is 0 Å². The lowest BCUT2D eigenvalue weighted by atomic mass is 10.3. The van der Waals surface area contributed by atoms with Crippen LogP contribution in [-0.4, -0.2) is 28.2 Å². The highest BCUT2D eigenvalue weighted by atomic mass is 16.5. The van der Waals surface area contributed by atoms with Gasteiger partial charge in [0.05, 0.1) is 6.61 Å². The van der Waals surface area contributed by atoms with Crippen LogP contribution in [0.4, 0.5) is 5.95 Å². The Balaban J connectivity index is 2.15. The van der Waals surface area contributed by atoms with Crippen molar-refractivity contribution in [3.63, 3.8) is 0 Å². The summed E-state index contributed by atoms with van der Waals surface area (Å²) in [4.78, 5) is 8.41. The van der Waals surface area contributed by atoms with Crippen LogP contribution in [0.3, 0.4) is 0 Å². The number of aliphatic hydroxyl groups excluding tert-OH is 1. The van der Waals surface area contributed by atoms with Crippen molar-refractivity contribution in [3.8, 4) is 11.6 Å². The summed E-state index contributed by atoms with van der Waals surface area (Å²) >= 11 is 0. The van der Waals surface area contributed by atoms with Crippen molar-refractivity contribution in [2.24, 2.45) is 0 Å². The molecular formula is C13H15N3O2. The first-order chi connectivity index (χ1) is 8.78. The SMILES string of the molecule is Cc1cc(Oc2ccccc2)nc(NCCO)n1. The summed E-state index contributed by atoms with van der Waals surface area (Å²) in [7, 11) is 0. The number of benzene rings is 1. The number of aryl methyl sites for hydroxylation is 1. The second-order valence-corrected chi connectivity index (χ2v) is 3.74.